The first kappa shape index (κ1) is 47.3. The maximum atomic E-state index is 14.1. The molecular formula is C47H76N2O11. The highest BCUT2D eigenvalue weighted by molar-refractivity contribution is 6.01. The number of nitrogens with zero attached hydrogens (tertiary/aromatic N) is 1. The number of esters is 1. The maximum Gasteiger partial charge on any atom is 0.309 e. The first-order valence-electron chi connectivity index (χ1n) is 23.3. The van der Waals surface area contributed by atoms with Crippen molar-refractivity contribution in [3.05, 3.63) is 23.8 Å². The number of aliphatic hydroxyl groups is 5. The average Bonchev–Trinajstić information content (AvgIpc) is 3.48. The van der Waals surface area contributed by atoms with Crippen molar-refractivity contribution in [2.24, 2.45) is 40.4 Å². The molecule has 1 amide bonds. The summed E-state index contributed by atoms with van der Waals surface area (Å²) in [6, 6.07) is -0.563. The predicted octanol–water partition coefficient (Wildman–Crippen LogP) is 4.35. The zero-order valence-corrected chi connectivity index (χ0v) is 37.3. The number of ketones is 1. The number of hydrogen-bond acceptors (Lipinski definition) is 12. The second-order valence-electron chi connectivity index (χ2n) is 20.1. The van der Waals surface area contributed by atoms with Crippen molar-refractivity contribution in [2.45, 2.75) is 193 Å². The minimum absolute atomic E-state index is 0.0185. The Morgan fingerprint density at radius 2 is 1.73 bits per heavy atom. The molecule has 13 heteroatoms. The highest BCUT2D eigenvalue weighted by atomic mass is 16.7. The minimum atomic E-state index is -1.66. The lowest BCUT2D eigenvalue weighted by Gasteiger charge is -2.59. The van der Waals surface area contributed by atoms with Crippen molar-refractivity contribution in [3.63, 3.8) is 0 Å². The van der Waals surface area contributed by atoms with Crippen LogP contribution in [0.15, 0.2) is 23.8 Å². The summed E-state index contributed by atoms with van der Waals surface area (Å²) in [6.07, 6.45) is 6.86. The van der Waals surface area contributed by atoms with Gasteiger partial charge in [-0.25, -0.2) is 0 Å². The number of hydrogen-bond donors (Lipinski definition) is 6. The molecular weight excluding hydrogens is 769 g/mol. The van der Waals surface area contributed by atoms with E-state index in [0.29, 0.717) is 58.0 Å². The van der Waals surface area contributed by atoms with E-state index in [2.05, 4.69) is 12.2 Å². The van der Waals surface area contributed by atoms with Crippen LogP contribution in [-0.2, 0) is 28.6 Å². The Kier molecular flexibility index (Phi) is 15.2. The van der Waals surface area contributed by atoms with Crippen LogP contribution in [0.1, 0.15) is 132 Å². The van der Waals surface area contributed by atoms with E-state index in [9.17, 15) is 39.9 Å². The largest absolute Gasteiger partial charge is 0.459 e. The number of aliphatic hydroxyl groups excluding tert-OH is 4. The van der Waals surface area contributed by atoms with Gasteiger partial charge >= 0.3 is 5.97 Å². The third kappa shape index (κ3) is 9.35. The van der Waals surface area contributed by atoms with Gasteiger partial charge in [-0.1, -0.05) is 46.3 Å². The fourth-order valence-corrected chi connectivity index (χ4v) is 12.5. The SMILES string of the molecule is CC[C@H]1OC(=O)[C@H](C)C[C@H](C)[C@@H](OC2CCCC(C)O2)[C@H](O)CCCN(CCCNC(=O)[C@@]2(O)CCC3C4CCC5=CC(=O)C=C[C@]5(C)C4[C@@H](O)C[C@@]32C)[C@H](C)[C@@H](O)[C@@H]1O. The van der Waals surface area contributed by atoms with Gasteiger partial charge in [0.15, 0.2) is 12.1 Å². The van der Waals surface area contributed by atoms with Crippen molar-refractivity contribution in [1.82, 2.24) is 10.2 Å². The maximum absolute atomic E-state index is 14.1. The molecule has 2 saturated heterocycles. The fourth-order valence-electron chi connectivity index (χ4n) is 12.5. The van der Waals surface area contributed by atoms with E-state index in [4.69, 9.17) is 14.2 Å². The molecule has 0 aromatic heterocycles. The molecule has 0 aromatic carbocycles. The molecule has 17 atom stereocenters. The fraction of sp³-hybridized carbons (Fsp3) is 0.851. The molecule has 5 unspecified atom stereocenters. The lowest BCUT2D eigenvalue weighted by Crippen LogP contribution is -2.63. The summed E-state index contributed by atoms with van der Waals surface area (Å²) in [5, 5.41) is 61.6. The summed E-state index contributed by atoms with van der Waals surface area (Å²) in [6.45, 7) is 14.6. The lowest BCUT2D eigenvalue weighted by atomic mass is 9.46. The van der Waals surface area contributed by atoms with Crippen molar-refractivity contribution in [3.8, 4) is 0 Å². The average molecular weight is 845 g/mol. The molecule has 0 aromatic rings. The van der Waals surface area contributed by atoms with Crippen LogP contribution in [0.3, 0.4) is 0 Å². The molecule has 5 fully saturated rings. The highest BCUT2D eigenvalue weighted by Gasteiger charge is 2.68. The van der Waals surface area contributed by atoms with Gasteiger partial charge in [0.05, 0.1) is 36.4 Å². The summed E-state index contributed by atoms with van der Waals surface area (Å²) in [7, 11) is 0. The van der Waals surface area contributed by atoms with E-state index in [-0.39, 0.29) is 48.5 Å². The number of carbonyl (C=O) groups is 3. The van der Waals surface area contributed by atoms with Crippen LogP contribution in [0.2, 0.25) is 0 Å². The van der Waals surface area contributed by atoms with E-state index in [0.717, 1.165) is 37.7 Å². The van der Waals surface area contributed by atoms with Crippen molar-refractivity contribution < 1.29 is 54.1 Å². The standard InChI is InChI=1S/C47H76N2O11/c1-8-37-41(54)40(53)30(5)49(22-10-13-35(51)42(27(2)24-28(3)43(55)59-37)60-38-14-9-12-29(4)58-38)23-11-21-48-44(56)47(57)20-18-34-33-16-15-31-25-32(50)17-19-45(31,6)39(33)36(52)26-46(34,47)7/h17,19,25,27-30,33-42,51-54,57H,8-16,18,20-24,26H2,1-7H3,(H,48,56)/t27-,28+,29?,30+,33?,34?,35+,36-,37+,38?,39?,40+,41+,42+,45-,46-,47-/m0/s1. The molecule has 0 spiro atoms. The molecule has 0 bridgehead atoms. The van der Waals surface area contributed by atoms with Crippen LogP contribution in [0, 0.1) is 40.4 Å². The second-order valence-corrected chi connectivity index (χ2v) is 20.1. The number of rotatable bonds is 8. The summed E-state index contributed by atoms with van der Waals surface area (Å²) in [4.78, 5) is 41.7. The molecule has 6 rings (SSSR count). The van der Waals surface area contributed by atoms with Crippen LogP contribution in [0.5, 0.6) is 0 Å². The van der Waals surface area contributed by atoms with Crippen LogP contribution in [-0.4, -0.2) is 128 Å². The van der Waals surface area contributed by atoms with Gasteiger partial charge in [0.25, 0.3) is 5.91 Å². The minimum Gasteiger partial charge on any atom is -0.459 e. The summed E-state index contributed by atoms with van der Waals surface area (Å²) < 4.78 is 18.4. The zero-order valence-electron chi connectivity index (χ0n) is 37.3. The number of amides is 1. The number of allylic oxidation sites excluding steroid dienone is 4. The van der Waals surface area contributed by atoms with Gasteiger partial charge in [-0.05, 0) is 134 Å². The van der Waals surface area contributed by atoms with Gasteiger partial charge < -0.3 is 45.1 Å². The summed E-state index contributed by atoms with van der Waals surface area (Å²) >= 11 is 0. The highest BCUT2D eigenvalue weighted by Crippen LogP contribution is 2.67. The van der Waals surface area contributed by atoms with Crippen molar-refractivity contribution in [1.29, 1.82) is 0 Å². The molecule has 2 heterocycles. The van der Waals surface area contributed by atoms with Crippen molar-refractivity contribution >= 4 is 17.7 Å². The molecule has 6 aliphatic rings. The van der Waals surface area contributed by atoms with Gasteiger partial charge in [0.2, 0.25) is 0 Å². The van der Waals surface area contributed by atoms with Gasteiger partial charge in [-0.2, -0.15) is 0 Å². The molecule has 3 saturated carbocycles. The number of carbonyl (C=O) groups excluding carboxylic acids is 3. The smallest absolute Gasteiger partial charge is 0.309 e. The predicted molar refractivity (Wildman–Crippen MR) is 225 cm³/mol. The Morgan fingerprint density at radius 1 is 0.983 bits per heavy atom. The van der Waals surface area contributed by atoms with Gasteiger partial charge in [-0.3, -0.25) is 19.3 Å². The first-order valence-corrected chi connectivity index (χ1v) is 23.3. The Hall–Kier alpha value is -2.23. The number of nitrogens with one attached hydrogen (secondary N) is 1. The van der Waals surface area contributed by atoms with E-state index < -0.39 is 83.2 Å². The van der Waals surface area contributed by atoms with E-state index in [1.165, 1.54) is 0 Å². The van der Waals surface area contributed by atoms with Crippen LogP contribution < -0.4 is 5.32 Å². The quantitative estimate of drug-likeness (QED) is 0.150. The normalized spacial score (nSPS) is 45.9. The van der Waals surface area contributed by atoms with Crippen molar-refractivity contribution in [2.75, 3.05) is 19.6 Å². The molecule has 0 radical (unpaired) electrons. The second kappa shape index (κ2) is 19.3. The Bertz CT molecular complexity index is 1590. The van der Waals surface area contributed by atoms with E-state index in [1.54, 1.807) is 26.0 Å². The Morgan fingerprint density at radius 3 is 2.45 bits per heavy atom. The number of ether oxygens (including phenoxy) is 3. The monoisotopic (exact) mass is 845 g/mol. The van der Waals surface area contributed by atoms with Crippen LogP contribution >= 0.6 is 0 Å². The molecule has 4 aliphatic carbocycles. The molecule has 2 aliphatic heterocycles. The third-order valence-corrected chi connectivity index (χ3v) is 16.2. The molecule has 340 valence electrons. The third-order valence-electron chi connectivity index (χ3n) is 16.2. The summed E-state index contributed by atoms with van der Waals surface area (Å²) in [5.74, 6) is -1.63. The first-order chi connectivity index (χ1) is 28.3. The summed E-state index contributed by atoms with van der Waals surface area (Å²) in [5.41, 5.74) is -1.86. The Balaban J connectivity index is 1.11. The van der Waals surface area contributed by atoms with Gasteiger partial charge in [0, 0.05) is 35.9 Å². The number of cyclic esters (lactones) is 1. The molecule has 6 N–H and O–H groups in total. The zero-order chi connectivity index (χ0) is 43.7. The van der Waals surface area contributed by atoms with Gasteiger partial charge in [0.1, 0.15) is 17.8 Å². The molecule has 13 nitrogen and oxygen atoms in total. The molecule has 60 heavy (non-hydrogen) atoms. The van der Waals surface area contributed by atoms with Crippen LogP contribution in [0.25, 0.3) is 0 Å². The Labute approximate surface area is 357 Å². The lowest BCUT2D eigenvalue weighted by molar-refractivity contribution is -0.236. The topological polar surface area (TPSA) is 195 Å². The van der Waals surface area contributed by atoms with Gasteiger partial charge in [-0.15, -0.1) is 0 Å². The van der Waals surface area contributed by atoms with E-state index >= 15 is 0 Å². The number of fused-ring (bicyclic) bond motifs is 5. The van der Waals surface area contributed by atoms with Crippen LogP contribution in [0.4, 0.5) is 0 Å². The van der Waals surface area contributed by atoms with E-state index in [1.807, 2.05) is 38.7 Å².